The van der Waals surface area contributed by atoms with Crippen molar-refractivity contribution in [3.63, 3.8) is 0 Å². The number of thioether (sulfide) groups is 1. The maximum Gasteiger partial charge on any atom is 0.187 e. The summed E-state index contributed by atoms with van der Waals surface area (Å²) < 4.78 is 7.67. The molecule has 1 saturated heterocycles. The van der Waals surface area contributed by atoms with Gasteiger partial charge >= 0.3 is 0 Å². The maximum atomic E-state index is 5.69. The van der Waals surface area contributed by atoms with Gasteiger partial charge in [0.1, 0.15) is 0 Å². The second-order valence-corrected chi connectivity index (χ2v) is 6.84. The van der Waals surface area contributed by atoms with Gasteiger partial charge in [-0.25, -0.2) is 9.97 Å². The molecule has 1 aliphatic heterocycles. The minimum Gasteiger partial charge on any atom is -0.376 e. The van der Waals surface area contributed by atoms with Crippen LogP contribution in [-0.2, 0) is 11.3 Å². The highest BCUT2D eigenvalue weighted by Crippen LogP contribution is 2.25. The van der Waals surface area contributed by atoms with Crippen molar-refractivity contribution in [1.29, 1.82) is 0 Å². The third-order valence-corrected chi connectivity index (χ3v) is 4.89. The number of hydrogen-bond acceptors (Lipinski definition) is 5. The molecule has 3 aromatic rings. The van der Waals surface area contributed by atoms with E-state index in [2.05, 4.69) is 34.2 Å². The largest absolute Gasteiger partial charge is 0.376 e. The molecule has 2 aromatic heterocycles. The molecular formula is C19H20N4OS. The summed E-state index contributed by atoms with van der Waals surface area (Å²) in [5, 5.41) is 5.49. The molecular weight excluding hydrogens is 332 g/mol. The summed E-state index contributed by atoms with van der Waals surface area (Å²) >= 11 is 1.55. The van der Waals surface area contributed by atoms with Crippen molar-refractivity contribution in [2.75, 3.05) is 12.9 Å². The second-order valence-electron chi connectivity index (χ2n) is 6.07. The molecule has 1 aliphatic rings. The fourth-order valence-electron chi connectivity index (χ4n) is 3.05. The monoisotopic (exact) mass is 352 g/mol. The Morgan fingerprint density at radius 1 is 1.20 bits per heavy atom. The van der Waals surface area contributed by atoms with Crippen molar-refractivity contribution in [3.8, 4) is 22.5 Å². The van der Waals surface area contributed by atoms with Crippen molar-refractivity contribution in [1.82, 2.24) is 19.7 Å². The van der Waals surface area contributed by atoms with Gasteiger partial charge in [-0.05, 0) is 37.3 Å². The van der Waals surface area contributed by atoms with E-state index in [0.29, 0.717) is 6.10 Å². The Hall–Kier alpha value is -2.18. The zero-order valence-corrected chi connectivity index (χ0v) is 14.9. The van der Waals surface area contributed by atoms with E-state index in [4.69, 9.17) is 9.84 Å². The normalized spacial score (nSPS) is 17.1. The summed E-state index contributed by atoms with van der Waals surface area (Å²) in [4.78, 5) is 8.82. The van der Waals surface area contributed by atoms with Gasteiger partial charge in [0.15, 0.2) is 5.16 Å². The highest BCUT2D eigenvalue weighted by molar-refractivity contribution is 7.98. The van der Waals surface area contributed by atoms with Crippen LogP contribution in [0, 0.1) is 0 Å². The predicted octanol–water partition coefficient (Wildman–Crippen LogP) is 3.91. The minimum atomic E-state index is 0.296. The first kappa shape index (κ1) is 16.3. The highest BCUT2D eigenvalue weighted by Gasteiger charge is 2.16. The Labute approximate surface area is 151 Å². The van der Waals surface area contributed by atoms with Crippen LogP contribution < -0.4 is 0 Å². The number of benzene rings is 1. The molecule has 0 saturated carbocycles. The second kappa shape index (κ2) is 7.37. The van der Waals surface area contributed by atoms with E-state index < -0.39 is 0 Å². The molecule has 0 amide bonds. The quantitative estimate of drug-likeness (QED) is 0.515. The van der Waals surface area contributed by atoms with Crippen LogP contribution in [0.5, 0.6) is 0 Å². The van der Waals surface area contributed by atoms with Gasteiger partial charge in [-0.1, -0.05) is 30.0 Å². The summed E-state index contributed by atoms with van der Waals surface area (Å²) in [7, 11) is 0. The first-order valence-electron chi connectivity index (χ1n) is 8.45. The van der Waals surface area contributed by atoms with Crippen LogP contribution in [0.1, 0.15) is 12.8 Å². The Morgan fingerprint density at radius 3 is 2.88 bits per heavy atom. The van der Waals surface area contributed by atoms with Gasteiger partial charge in [-0.3, -0.25) is 4.68 Å². The number of nitrogens with zero attached hydrogens (tertiary/aromatic N) is 4. The summed E-state index contributed by atoms with van der Waals surface area (Å²) in [6.07, 6.45) is 8.38. The third kappa shape index (κ3) is 3.75. The average molecular weight is 352 g/mol. The van der Waals surface area contributed by atoms with Gasteiger partial charge in [0.25, 0.3) is 0 Å². The van der Waals surface area contributed by atoms with E-state index in [9.17, 15) is 0 Å². The number of hydrogen-bond donors (Lipinski definition) is 0. The predicted molar refractivity (Wildman–Crippen MR) is 99.4 cm³/mol. The zero-order chi connectivity index (χ0) is 17.1. The molecule has 0 aliphatic carbocycles. The molecule has 3 heterocycles. The number of ether oxygens (including phenoxy) is 1. The van der Waals surface area contributed by atoms with Crippen LogP contribution in [0.4, 0.5) is 0 Å². The number of aromatic nitrogens is 4. The number of rotatable bonds is 5. The topological polar surface area (TPSA) is 52.8 Å². The molecule has 1 atom stereocenters. The van der Waals surface area contributed by atoms with Crippen molar-refractivity contribution in [2.24, 2.45) is 0 Å². The molecule has 0 bridgehead atoms. The molecule has 0 radical (unpaired) electrons. The molecule has 5 nitrogen and oxygen atoms in total. The molecule has 1 aromatic carbocycles. The Morgan fingerprint density at radius 2 is 2.08 bits per heavy atom. The standard InChI is InChI=1S/C19H20N4OS/c1-25-19-20-9-7-17(21-19)14-4-2-5-15(12-14)18-8-10-23(22-18)13-16-6-3-11-24-16/h2,4-5,7-10,12,16H,3,6,11,13H2,1H3. The summed E-state index contributed by atoms with van der Waals surface area (Å²) in [5.74, 6) is 0. The highest BCUT2D eigenvalue weighted by atomic mass is 32.2. The van der Waals surface area contributed by atoms with Gasteiger partial charge in [-0.15, -0.1) is 0 Å². The van der Waals surface area contributed by atoms with Crippen LogP contribution in [0.15, 0.2) is 53.9 Å². The van der Waals surface area contributed by atoms with E-state index in [0.717, 1.165) is 53.7 Å². The lowest BCUT2D eigenvalue weighted by Gasteiger charge is -2.08. The Balaban J connectivity index is 1.57. The minimum absolute atomic E-state index is 0.296. The van der Waals surface area contributed by atoms with Crippen LogP contribution in [0.2, 0.25) is 0 Å². The Kier molecular flexibility index (Phi) is 4.81. The smallest absolute Gasteiger partial charge is 0.187 e. The fourth-order valence-corrected chi connectivity index (χ4v) is 3.41. The van der Waals surface area contributed by atoms with Gasteiger partial charge < -0.3 is 4.74 Å². The van der Waals surface area contributed by atoms with Crippen molar-refractivity contribution >= 4 is 11.8 Å². The van der Waals surface area contributed by atoms with Gasteiger partial charge in [0.05, 0.1) is 24.0 Å². The van der Waals surface area contributed by atoms with Crippen LogP contribution in [0.3, 0.4) is 0 Å². The van der Waals surface area contributed by atoms with Crippen LogP contribution >= 0.6 is 11.8 Å². The average Bonchev–Trinajstić information content (AvgIpc) is 3.34. The first-order chi connectivity index (χ1) is 12.3. The third-order valence-electron chi connectivity index (χ3n) is 4.33. The van der Waals surface area contributed by atoms with Gasteiger partial charge in [0.2, 0.25) is 0 Å². The first-order valence-corrected chi connectivity index (χ1v) is 9.67. The van der Waals surface area contributed by atoms with E-state index in [1.54, 1.807) is 18.0 Å². The zero-order valence-electron chi connectivity index (χ0n) is 14.1. The molecule has 128 valence electrons. The summed E-state index contributed by atoms with van der Waals surface area (Å²) in [6.45, 7) is 1.69. The molecule has 4 rings (SSSR count). The Bertz CT molecular complexity index is 858. The molecule has 1 fully saturated rings. The van der Waals surface area contributed by atoms with Crippen molar-refractivity contribution in [3.05, 3.63) is 48.8 Å². The van der Waals surface area contributed by atoms with Crippen LogP contribution in [-0.4, -0.2) is 38.7 Å². The lowest BCUT2D eigenvalue weighted by Crippen LogP contribution is -2.15. The molecule has 1 unspecified atom stereocenters. The van der Waals surface area contributed by atoms with E-state index in [1.807, 2.05) is 29.3 Å². The van der Waals surface area contributed by atoms with Gasteiger partial charge in [0, 0.05) is 30.1 Å². The lowest BCUT2D eigenvalue weighted by molar-refractivity contribution is 0.0940. The van der Waals surface area contributed by atoms with Crippen molar-refractivity contribution in [2.45, 2.75) is 30.6 Å². The molecule has 0 N–H and O–H groups in total. The van der Waals surface area contributed by atoms with Crippen molar-refractivity contribution < 1.29 is 4.74 Å². The SMILES string of the molecule is CSc1nccc(-c2cccc(-c3ccn(CC4CCCO4)n3)c2)n1. The van der Waals surface area contributed by atoms with E-state index in [1.165, 1.54) is 0 Å². The van der Waals surface area contributed by atoms with Crippen LogP contribution in [0.25, 0.3) is 22.5 Å². The van der Waals surface area contributed by atoms with E-state index in [-0.39, 0.29) is 0 Å². The lowest BCUT2D eigenvalue weighted by atomic mass is 10.1. The van der Waals surface area contributed by atoms with Gasteiger partial charge in [-0.2, -0.15) is 5.10 Å². The summed E-state index contributed by atoms with van der Waals surface area (Å²) in [6, 6.07) is 12.3. The van der Waals surface area contributed by atoms with E-state index >= 15 is 0 Å². The summed E-state index contributed by atoms with van der Waals surface area (Å²) in [5.41, 5.74) is 4.07. The molecule has 0 spiro atoms. The fraction of sp³-hybridized carbons (Fsp3) is 0.316. The molecule has 6 heteroatoms. The maximum absolute atomic E-state index is 5.69. The molecule has 25 heavy (non-hydrogen) atoms.